The Kier molecular flexibility index (Phi) is 6.36. The zero-order valence-corrected chi connectivity index (χ0v) is 15.4. The maximum Gasteiger partial charge on any atom is 0.147 e. The molecular formula is C17H28BrFN2. The van der Waals surface area contributed by atoms with Crippen molar-refractivity contribution < 1.29 is 4.39 Å². The summed E-state index contributed by atoms with van der Waals surface area (Å²) in [7, 11) is 0. The van der Waals surface area contributed by atoms with Crippen molar-refractivity contribution in [2.24, 2.45) is 17.1 Å². The van der Waals surface area contributed by atoms with Crippen LogP contribution >= 0.6 is 15.9 Å². The Hall–Kier alpha value is -0.480. The Morgan fingerprint density at radius 3 is 2.38 bits per heavy atom. The Bertz CT molecular complexity index is 470. The van der Waals surface area contributed by atoms with Crippen LogP contribution in [0.2, 0.25) is 0 Å². The van der Waals surface area contributed by atoms with Crippen molar-refractivity contribution in [1.82, 2.24) is 4.98 Å². The second-order valence-electron chi connectivity index (χ2n) is 7.27. The van der Waals surface area contributed by atoms with Gasteiger partial charge in [0.2, 0.25) is 0 Å². The second kappa shape index (κ2) is 7.19. The Morgan fingerprint density at radius 1 is 1.48 bits per heavy atom. The molecule has 0 saturated heterocycles. The highest BCUT2D eigenvalue weighted by Gasteiger charge is 2.44. The zero-order valence-electron chi connectivity index (χ0n) is 13.8. The molecule has 0 spiro atoms. The van der Waals surface area contributed by atoms with E-state index in [1.54, 1.807) is 6.20 Å². The van der Waals surface area contributed by atoms with Crippen molar-refractivity contribution in [2.75, 3.05) is 0 Å². The van der Waals surface area contributed by atoms with Gasteiger partial charge in [-0.05, 0) is 52.6 Å². The first kappa shape index (κ1) is 18.6. The number of aromatic nitrogens is 1. The lowest BCUT2D eigenvalue weighted by molar-refractivity contribution is 0.134. The molecule has 0 aromatic carbocycles. The van der Waals surface area contributed by atoms with Crippen molar-refractivity contribution in [2.45, 2.75) is 65.8 Å². The zero-order chi connectivity index (χ0) is 16.3. The van der Waals surface area contributed by atoms with Gasteiger partial charge in [-0.3, -0.25) is 4.98 Å². The summed E-state index contributed by atoms with van der Waals surface area (Å²) in [4.78, 5) is 4.08. The van der Waals surface area contributed by atoms with Crippen LogP contribution in [0.4, 0.5) is 4.39 Å². The van der Waals surface area contributed by atoms with E-state index in [4.69, 9.17) is 5.73 Å². The molecule has 0 bridgehead atoms. The molecule has 1 aliphatic carbocycles. The number of hydrogen-bond donors (Lipinski definition) is 1. The van der Waals surface area contributed by atoms with Crippen molar-refractivity contribution in [3.8, 4) is 0 Å². The van der Waals surface area contributed by atoms with Crippen molar-refractivity contribution in [3.63, 3.8) is 0 Å². The summed E-state index contributed by atoms with van der Waals surface area (Å²) in [5, 5.41) is 0. The molecule has 21 heavy (non-hydrogen) atoms. The molecule has 1 aromatic rings. The molecule has 2 rings (SSSR count). The molecule has 1 fully saturated rings. The maximum absolute atomic E-state index is 13.6. The molecule has 2 nitrogen and oxygen atoms in total. The maximum atomic E-state index is 13.6. The van der Waals surface area contributed by atoms with E-state index in [1.807, 2.05) is 6.92 Å². The topological polar surface area (TPSA) is 38.9 Å². The highest BCUT2D eigenvalue weighted by Crippen LogP contribution is 2.44. The first-order valence-electron chi connectivity index (χ1n) is 7.70. The van der Waals surface area contributed by atoms with Gasteiger partial charge in [0.15, 0.2) is 0 Å². The fourth-order valence-electron chi connectivity index (χ4n) is 2.60. The third-order valence-corrected chi connectivity index (χ3v) is 4.55. The monoisotopic (exact) mass is 358 g/mol. The molecule has 1 heterocycles. The fourth-order valence-corrected chi connectivity index (χ4v) is 2.91. The molecule has 120 valence electrons. The molecule has 1 aliphatic rings. The average Bonchev–Trinajstić information content (AvgIpc) is 2.35. The van der Waals surface area contributed by atoms with Crippen LogP contribution in [0.15, 0.2) is 16.7 Å². The Balaban J connectivity index is 0.000000270. The van der Waals surface area contributed by atoms with Gasteiger partial charge in [-0.1, -0.05) is 41.0 Å². The highest BCUT2D eigenvalue weighted by molar-refractivity contribution is 9.10. The number of hydrogen-bond acceptors (Lipinski definition) is 2. The predicted molar refractivity (Wildman–Crippen MR) is 90.5 cm³/mol. The van der Waals surface area contributed by atoms with Crippen molar-refractivity contribution in [3.05, 3.63) is 28.2 Å². The largest absolute Gasteiger partial charge is 0.320 e. The summed E-state index contributed by atoms with van der Waals surface area (Å²) in [6.07, 6.45) is 6.11. The highest BCUT2D eigenvalue weighted by atomic mass is 79.9. The molecule has 4 heteroatoms. The van der Waals surface area contributed by atoms with Gasteiger partial charge in [0.25, 0.3) is 0 Å². The van der Waals surface area contributed by atoms with Crippen LogP contribution in [0.3, 0.4) is 0 Å². The summed E-state index contributed by atoms with van der Waals surface area (Å²) in [5.74, 6) is -0.000833. The summed E-state index contributed by atoms with van der Waals surface area (Å²) in [6.45, 7) is 11.1. The first-order chi connectivity index (χ1) is 9.60. The fraction of sp³-hybridized carbons (Fsp3) is 0.706. The summed E-state index contributed by atoms with van der Waals surface area (Å²) in [6, 6.07) is 1.42. The minimum atomic E-state index is -0.551. The summed E-state index contributed by atoms with van der Waals surface area (Å²) < 4.78 is 14.2. The van der Waals surface area contributed by atoms with E-state index in [0.717, 1.165) is 12.8 Å². The number of nitrogens with two attached hydrogens (primary N) is 1. The molecular weight excluding hydrogens is 331 g/mol. The van der Waals surface area contributed by atoms with Gasteiger partial charge < -0.3 is 5.73 Å². The van der Waals surface area contributed by atoms with E-state index in [9.17, 15) is 4.39 Å². The molecule has 0 aliphatic heterocycles. The van der Waals surface area contributed by atoms with Gasteiger partial charge in [-0.2, -0.15) is 0 Å². The van der Waals surface area contributed by atoms with E-state index in [-0.39, 0.29) is 5.82 Å². The van der Waals surface area contributed by atoms with Crippen LogP contribution in [0, 0.1) is 17.2 Å². The van der Waals surface area contributed by atoms with E-state index >= 15 is 0 Å². The minimum absolute atomic E-state index is 0.311. The molecule has 1 aromatic heterocycles. The van der Waals surface area contributed by atoms with Gasteiger partial charge in [0, 0.05) is 10.7 Å². The normalized spacial score (nSPS) is 24.9. The van der Waals surface area contributed by atoms with Crippen LogP contribution in [-0.4, -0.2) is 4.98 Å². The lowest BCUT2D eigenvalue weighted by Gasteiger charge is -2.44. The molecule has 0 radical (unpaired) electrons. The molecule has 2 atom stereocenters. The van der Waals surface area contributed by atoms with Gasteiger partial charge in [0.1, 0.15) is 5.82 Å². The van der Waals surface area contributed by atoms with Crippen LogP contribution < -0.4 is 5.73 Å². The van der Waals surface area contributed by atoms with Gasteiger partial charge in [-0.25, -0.2) is 4.39 Å². The van der Waals surface area contributed by atoms with E-state index in [2.05, 4.69) is 48.6 Å². The van der Waals surface area contributed by atoms with Gasteiger partial charge >= 0.3 is 0 Å². The van der Waals surface area contributed by atoms with Crippen molar-refractivity contribution >= 4 is 15.9 Å². The lowest BCUT2D eigenvalue weighted by Crippen LogP contribution is -2.51. The third-order valence-electron chi connectivity index (χ3n) is 4.12. The number of nitrogens with zero attached hydrogens (tertiary/aromatic N) is 1. The lowest BCUT2D eigenvalue weighted by atomic mass is 9.66. The second-order valence-corrected chi connectivity index (χ2v) is 8.19. The van der Waals surface area contributed by atoms with Gasteiger partial charge in [-0.15, -0.1) is 0 Å². The summed E-state index contributed by atoms with van der Waals surface area (Å²) in [5.41, 5.74) is 6.50. The number of rotatable bonds is 2. The standard InChI is InChI=1S/C10H12BrFN2.C7H16/c1-6-2-3-10(6,13)9-8(12)4-7(11)5-14-9;1-5-6-7(2,3)4/h4-6H,2-3,13H2,1H3;5-6H2,1-4H3. The first-order valence-corrected chi connectivity index (χ1v) is 8.50. The van der Waals surface area contributed by atoms with Crippen LogP contribution in [0.1, 0.15) is 66.0 Å². The molecule has 0 amide bonds. The number of pyridine rings is 1. The van der Waals surface area contributed by atoms with Crippen LogP contribution in [0.5, 0.6) is 0 Å². The average molecular weight is 359 g/mol. The Morgan fingerprint density at radius 2 is 2.10 bits per heavy atom. The quantitative estimate of drug-likeness (QED) is 0.768. The predicted octanol–water partition coefficient (Wildman–Crippen LogP) is 5.40. The third kappa shape index (κ3) is 5.03. The number of halogens is 2. The van der Waals surface area contributed by atoms with Crippen molar-refractivity contribution in [1.29, 1.82) is 0 Å². The molecule has 2 N–H and O–H groups in total. The van der Waals surface area contributed by atoms with Crippen LogP contribution in [-0.2, 0) is 5.54 Å². The molecule has 2 unspecified atom stereocenters. The van der Waals surface area contributed by atoms with Crippen LogP contribution in [0.25, 0.3) is 0 Å². The SMILES string of the molecule is CC1CCC1(N)c1ncc(Br)cc1F.CCCC(C)(C)C. The summed E-state index contributed by atoms with van der Waals surface area (Å²) >= 11 is 3.17. The van der Waals surface area contributed by atoms with E-state index in [1.165, 1.54) is 18.9 Å². The van der Waals surface area contributed by atoms with E-state index in [0.29, 0.717) is 21.5 Å². The smallest absolute Gasteiger partial charge is 0.147 e. The van der Waals surface area contributed by atoms with Gasteiger partial charge in [0.05, 0.1) is 11.2 Å². The minimum Gasteiger partial charge on any atom is -0.320 e. The molecule has 1 saturated carbocycles. The Labute approximate surface area is 136 Å². The van der Waals surface area contributed by atoms with E-state index < -0.39 is 5.54 Å².